The Kier molecular flexibility index (Phi) is 6.29. The van der Waals surface area contributed by atoms with Gasteiger partial charge in [0.1, 0.15) is 6.67 Å². The molecule has 0 radical (unpaired) electrons. The zero-order valence-electron chi connectivity index (χ0n) is 15.6. The molecule has 0 saturated heterocycles. The highest BCUT2D eigenvalue weighted by Gasteiger charge is 2.62. The summed E-state index contributed by atoms with van der Waals surface area (Å²) in [7, 11) is 0. The Morgan fingerprint density at radius 1 is 1.20 bits per heavy atom. The number of carbonyl (C=O) groups is 1. The normalized spacial score (nSPS) is 18.7. The molecule has 0 aromatic heterocycles. The molecule has 1 heterocycles. The smallest absolute Gasteiger partial charge is 0.374 e. The predicted molar refractivity (Wildman–Crippen MR) is 106 cm³/mol. The minimum atomic E-state index is -4.80. The quantitative estimate of drug-likeness (QED) is 0.589. The lowest BCUT2D eigenvalue weighted by Crippen LogP contribution is -2.42. The van der Waals surface area contributed by atoms with Gasteiger partial charge in [-0.2, -0.15) is 13.2 Å². The van der Waals surface area contributed by atoms with Crippen LogP contribution in [0.3, 0.4) is 0 Å². The number of nitrogens with one attached hydrogen (secondary N) is 1. The van der Waals surface area contributed by atoms with Crippen molar-refractivity contribution in [3.63, 3.8) is 0 Å². The van der Waals surface area contributed by atoms with E-state index in [1.165, 1.54) is 24.3 Å². The number of hydrogen-bond donors (Lipinski definition) is 1. The van der Waals surface area contributed by atoms with E-state index in [0.717, 1.165) is 12.1 Å². The zero-order chi connectivity index (χ0) is 22.1. The van der Waals surface area contributed by atoms with Crippen LogP contribution in [0.4, 0.5) is 17.6 Å². The maximum atomic E-state index is 14.1. The van der Waals surface area contributed by atoms with Gasteiger partial charge in [-0.05, 0) is 48.4 Å². The average Bonchev–Trinajstić information content (AvgIpc) is 3.12. The van der Waals surface area contributed by atoms with Crippen LogP contribution in [0.5, 0.6) is 0 Å². The summed E-state index contributed by atoms with van der Waals surface area (Å²) in [5, 5.41) is 6.17. The maximum absolute atomic E-state index is 14.1. The first-order valence-corrected chi connectivity index (χ1v) is 9.56. The fourth-order valence-electron chi connectivity index (χ4n) is 3.20. The Morgan fingerprint density at radius 3 is 2.43 bits per heavy atom. The number of hydrogen-bond acceptors (Lipinski definition) is 3. The van der Waals surface area contributed by atoms with Crippen LogP contribution in [-0.2, 0) is 10.4 Å². The molecular formula is C20H16Cl2F4N2O2. The molecule has 0 fully saturated rings. The summed E-state index contributed by atoms with van der Waals surface area (Å²) in [6, 6.07) is 8.06. The van der Waals surface area contributed by atoms with Crippen LogP contribution >= 0.6 is 23.2 Å². The maximum Gasteiger partial charge on any atom is 0.435 e. The highest BCUT2D eigenvalue weighted by molar-refractivity contribution is 6.34. The van der Waals surface area contributed by atoms with E-state index in [1.807, 2.05) is 0 Å². The number of oxime groups is 1. The number of benzene rings is 2. The van der Waals surface area contributed by atoms with Gasteiger partial charge in [0.25, 0.3) is 11.5 Å². The van der Waals surface area contributed by atoms with E-state index < -0.39 is 30.8 Å². The standard InChI is InChI=1S/C20H16Cl2F4N2O2/c1-11-6-12(2-3-16(11)18(29)27-5-4-23)17-10-19(30-28-17,20(24,25)26)13-7-14(21)9-15(22)8-13/h2-3,6-9H,4-5,10H2,1H3,(H,27,29). The Labute approximate surface area is 179 Å². The number of amides is 1. The molecule has 1 N–H and O–H groups in total. The summed E-state index contributed by atoms with van der Waals surface area (Å²) in [5.41, 5.74) is -1.78. The summed E-state index contributed by atoms with van der Waals surface area (Å²) in [5.74, 6) is -0.473. The van der Waals surface area contributed by atoms with E-state index in [2.05, 4.69) is 10.5 Å². The van der Waals surface area contributed by atoms with Crippen molar-refractivity contribution >= 4 is 34.8 Å². The van der Waals surface area contributed by atoms with Crippen LogP contribution in [0.15, 0.2) is 41.6 Å². The Bertz CT molecular complexity index is 991. The first-order chi connectivity index (χ1) is 14.1. The number of carbonyl (C=O) groups excluding carboxylic acids is 1. The van der Waals surface area contributed by atoms with Crippen molar-refractivity contribution in [2.24, 2.45) is 5.16 Å². The number of alkyl halides is 4. The molecule has 30 heavy (non-hydrogen) atoms. The number of rotatable bonds is 5. The van der Waals surface area contributed by atoms with Crippen LogP contribution in [-0.4, -0.2) is 31.0 Å². The molecule has 1 atom stereocenters. The van der Waals surface area contributed by atoms with E-state index in [0.29, 0.717) is 11.1 Å². The van der Waals surface area contributed by atoms with Crippen molar-refractivity contribution in [2.75, 3.05) is 13.2 Å². The number of aryl methyl sites for hydroxylation is 1. The van der Waals surface area contributed by atoms with Gasteiger partial charge in [-0.3, -0.25) is 4.79 Å². The molecule has 0 aliphatic carbocycles. The third-order valence-corrected chi connectivity index (χ3v) is 5.14. The third kappa shape index (κ3) is 4.25. The highest BCUT2D eigenvalue weighted by Crippen LogP contribution is 2.49. The topological polar surface area (TPSA) is 50.7 Å². The second-order valence-corrected chi connectivity index (χ2v) is 7.64. The number of nitrogens with zero attached hydrogens (tertiary/aromatic N) is 1. The molecule has 0 bridgehead atoms. The average molecular weight is 463 g/mol. The lowest BCUT2D eigenvalue weighted by Gasteiger charge is -2.29. The molecular weight excluding hydrogens is 447 g/mol. The minimum Gasteiger partial charge on any atom is -0.374 e. The van der Waals surface area contributed by atoms with E-state index >= 15 is 0 Å². The van der Waals surface area contributed by atoms with Crippen LogP contribution in [0.25, 0.3) is 0 Å². The molecule has 0 saturated carbocycles. The van der Waals surface area contributed by atoms with Gasteiger partial charge in [0, 0.05) is 34.1 Å². The molecule has 3 rings (SSSR count). The third-order valence-electron chi connectivity index (χ3n) is 4.70. The molecule has 1 aliphatic rings. The van der Waals surface area contributed by atoms with Gasteiger partial charge in [-0.15, -0.1) is 0 Å². The van der Waals surface area contributed by atoms with Crippen molar-refractivity contribution in [3.05, 3.63) is 68.7 Å². The van der Waals surface area contributed by atoms with E-state index in [9.17, 15) is 22.4 Å². The van der Waals surface area contributed by atoms with E-state index in [1.54, 1.807) is 6.92 Å². The second kappa shape index (κ2) is 8.43. The summed E-state index contributed by atoms with van der Waals surface area (Å²) < 4.78 is 54.4. The van der Waals surface area contributed by atoms with Gasteiger partial charge >= 0.3 is 6.18 Å². The van der Waals surface area contributed by atoms with E-state index in [4.69, 9.17) is 28.0 Å². The van der Waals surface area contributed by atoms with Gasteiger partial charge in [-0.25, -0.2) is 4.39 Å². The molecule has 10 heteroatoms. The molecule has 1 unspecified atom stereocenters. The largest absolute Gasteiger partial charge is 0.435 e. The Balaban J connectivity index is 1.93. The van der Waals surface area contributed by atoms with Crippen LogP contribution < -0.4 is 5.32 Å². The van der Waals surface area contributed by atoms with Crippen molar-refractivity contribution in [2.45, 2.75) is 25.1 Å². The molecule has 2 aromatic rings. The second-order valence-electron chi connectivity index (χ2n) is 6.76. The van der Waals surface area contributed by atoms with Crippen molar-refractivity contribution in [1.82, 2.24) is 5.32 Å². The fourth-order valence-corrected chi connectivity index (χ4v) is 3.73. The molecule has 1 amide bonds. The van der Waals surface area contributed by atoms with Gasteiger partial charge in [0.05, 0.1) is 5.71 Å². The molecule has 4 nitrogen and oxygen atoms in total. The monoisotopic (exact) mass is 462 g/mol. The molecule has 2 aromatic carbocycles. The van der Waals surface area contributed by atoms with Crippen LogP contribution in [0.2, 0.25) is 10.0 Å². The van der Waals surface area contributed by atoms with Crippen molar-refractivity contribution in [3.8, 4) is 0 Å². The van der Waals surface area contributed by atoms with Crippen molar-refractivity contribution in [1.29, 1.82) is 0 Å². The fraction of sp³-hybridized carbons (Fsp3) is 0.300. The van der Waals surface area contributed by atoms with Crippen LogP contribution in [0, 0.1) is 6.92 Å². The molecule has 160 valence electrons. The lowest BCUT2D eigenvalue weighted by atomic mass is 9.86. The van der Waals surface area contributed by atoms with Gasteiger partial charge < -0.3 is 10.2 Å². The first kappa shape index (κ1) is 22.4. The summed E-state index contributed by atoms with van der Waals surface area (Å²) in [6.07, 6.45) is -5.40. The van der Waals surface area contributed by atoms with Crippen LogP contribution in [0.1, 0.15) is 33.5 Å². The number of halogens is 6. The van der Waals surface area contributed by atoms with Crippen molar-refractivity contribution < 1.29 is 27.2 Å². The van der Waals surface area contributed by atoms with Gasteiger partial charge in [-0.1, -0.05) is 34.4 Å². The lowest BCUT2D eigenvalue weighted by molar-refractivity contribution is -0.275. The highest BCUT2D eigenvalue weighted by atomic mass is 35.5. The first-order valence-electron chi connectivity index (χ1n) is 8.81. The minimum absolute atomic E-state index is 0.0395. The van der Waals surface area contributed by atoms with Gasteiger partial charge in [0.2, 0.25) is 0 Å². The summed E-state index contributed by atoms with van der Waals surface area (Å²) in [4.78, 5) is 17.0. The van der Waals surface area contributed by atoms with E-state index in [-0.39, 0.29) is 33.4 Å². The Morgan fingerprint density at radius 2 is 1.87 bits per heavy atom. The Hall–Kier alpha value is -2.32. The summed E-state index contributed by atoms with van der Waals surface area (Å²) >= 11 is 11.8. The molecule has 1 aliphatic heterocycles. The zero-order valence-corrected chi connectivity index (χ0v) is 17.1. The van der Waals surface area contributed by atoms with Gasteiger partial charge in [0.15, 0.2) is 0 Å². The molecule has 0 spiro atoms. The SMILES string of the molecule is Cc1cc(C2=NOC(c3cc(Cl)cc(Cl)c3)(C(F)(F)F)C2)ccc1C(=O)NCCF. The summed E-state index contributed by atoms with van der Waals surface area (Å²) in [6.45, 7) is 0.791. The predicted octanol–water partition coefficient (Wildman–Crippen LogP) is 5.58.